The molecule has 0 fully saturated rings. The van der Waals surface area contributed by atoms with E-state index in [1.54, 1.807) is 0 Å². The normalized spacial score (nSPS) is 12.0. The number of primary sulfonamides is 1. The lowest BCUT2D eigenvalue weighted by Gasteiger charge is -2.22. The van der Waals surface area contributed by atoms with Gasteiger partial charge in [-0.2, -0.15) is 0 Å². The van der Waals surface area contributed by atoms with Gasteiger partial charge < -0.3 is 15.5 Å². The number of para-hydroxylation sites is 1. The lowest BCUT2D eigenvalue weighted by molar-refractivity contribution is 0.596. The molecule has 7 nitrogen and oxygen atoms in total. The maximum atomic E-state index is 10.9. The first kappa shape index (κ1) is 20.2. The quantitative estimate of drug-likeness (QED) is 0.327. The van der Waals surface area contributed by atoms with Gasteiger partial charge in [-0.25, -0.2) is 13.6 Å². The smallest absolute Gasteiger partial charge is 0.210 e. The number of hydrogen-bond donors (Lipinski definition) is 3. The monoisotopic (exact) mass is 355 g/mol. The van der Waals surface area contributed by atoms with Gasteiger partial charge >= 0.3 is 0 Å². The van der Waals surface area contributed by atoms with Crippen LogP contribution in [0.1, 0.15) is 20.3 Å². The molecule has 0 saturated heterocycles. The lowest BCUT2D eigenvalue weighted by atomic mass is 10.2. The van der Waals surface area contributed by atoms with Crippen molar-refractivity contribution in [3.63, 3.8) is 0 Å². The predicted octanol–water partition coefficient (Wildman–Crippen LogP) is 0.747. The summed E-state index contributed by atoms with van der Waals surface area (Å²) in [4.78, 5) is 6.77. The third-order valence-electron chi connectivity index (χ3n) is 3.38. The second-order valence-corrected chi connectivity index (χ2v) is 7.06. The zero-order valence-electron chi connectivity index (χ0n) is 14.5. The van der Waals surface area contributed by atoms with Crippen LogP contribution in [0.5, 0.6) is 0 Å². The molecule has 1 aromatic carbocycles. The van der Waals surface area contributed by atoms with Crippen LogP contribution in [0, 0.1) is 0 Å². The molecule has 4 N–H and O–H groups in total. The molecule has 0 amide bonds. The van der Waals surface area contributed by atoms with Crippen LogP contribution in [-0.4, -0.2) is 52.9 Å². The maximum absolute atomic E-state index is 10.9. The Morgan fingerprint density at radius 1 is 1.21 bits per heavy atom. The van der Waals surface area contributed by atoms with E-state index in [0.29, 0.717) is 19.0 Å². The largest absolute Gasteiger partial charge is 0.372 e. The van der Waals surface area contributed by atoms with Crippen LogP contribution in [0.25, 0.3) is 0 Å². The van der Waals surface area contributed by atoms with Crippen LogP contribution in [0.4, 0.5) is 5.69 Å². The van der Waals surface area contributed by atoms with Crippen molar-refractivity contribution in [3.8, 4) is 0 Å². The van der Waals surface area contributed by atoms with Crippen molar-refractivity contribution in [2.24, 2.45) is 10.1 Å². The van der Waals surface area contributed by atoms with E-state index >= 15 is 0 Å². The molecule has 0 bridgehead atoms. The Balaban J connectivity index is 2.43. The fourth-order valence-corrected chi connectivity index (χ4v) is 2.60. The van der Waals surface area contributed by atoms with E-state index in [9.17, 15) is 8.42 Å². The van der Waals surface area contributed by atoms with Gasteiger partial charge in [0.2, 0.25) is 10.0 Å². The number of rotatable bonds is 10. The number of guanidine groups is 1. The Kier molecular flexibility index (Phi) is 9.18. The molecule has 0 saturated carbocycles. The van der Waals surface area contributed by atoms with E-state index in [4.69, 9.17) is 5.14 Å². The first-order chi connectivity index (χ1) is 11.5. The highest BCUT2D eigenvalue weighted by atomic mass is 32.2. The number of aliphatic imine (C=N–C) groups is 1. The molecule has 1 aromatic rings. The highest BCUT2D eigenvalue weighted by Gasteiger charge is 2.05. The van der Waals surface area contributed by atoms with Gasteiger partial charge in [0.15, 0.2) is 5.96 Å². The topological polar surface area (TPSA) is 99.8 Å². The van der Waals surface area contributed by atoms with Gasteiger partial charge in [0, 0.05) is 38.4 Å². The Labute approximate surface area is 145 Å². The molecule has 0 radical (unpaired) electrons. The van der Waals surface area contributed by atoms with Crippen LogP contribution < -0.4 is 20.7 Å². The average Bonchev–Trinajstić information content (AvgIpc) is 2.54. The Morgan fingerprint density at radius 3 is 2.50 bits per heavy atom. The third-order valence-corrected chi connectivity index (χ3v) is 4.16. The Bertz CT molecular complexity index is 590. The van der Waals surface area contributed by atoms with Crippen molar-refractivity contribution in [1.82, 2.24) is 10.6 Å². The van der Waals surface area contributed by atoms with Crippen molar-refractivity contribution >= 4 is 21.7 Å². The predicted molar refractivity (Wildman–Crippen MR) is 101 cm³/mol. The molecule has 1 rings (SSSR count). The summed E-state index contributed by atoms with van der Waals surface area (Å²) in [6, 6.07) is 10.3. The molecule has 0 aliphatic heterocycles. The van der Waals surface area contributed by atoms with E-state index in [2.05, 4.69) is 39.6 Å². The summed E-state index contributed by atoms with van der Waals surface area (Å²) >= 11 is 0. The molecular formula is C16H29N5O2S. The second kappa shape index (κ2) is 10.9. The zero-order valence-corrected chi connectivity index (χ0v) is 15.3. The fourth-order valence-electron chi connectivity index (χ4n) is 2.21. The van der Waals surface area contributed by atoms with Gasteiger partial charge in [-0.3, -0.25) is 4.99 Å². The summed E-state index contributed by atoms with van der Waals surface area (Å²) in [6.45, 7) is 7.58. The van der Waals surface area contributed by atoms with Crippen molar-refractivity contribution in [1.29, 1.82) is 0 Å². The minimum Gasteiger partial charge on any atom is -0.372 e. The van der Waals surface area contributed by atoms with Crippen molar-refractivity contribution < 1.29 is 8.42 Å². The number of nitrogens with zero attached hydrogens (tertiary/aromatic N) is 2. The summed E-state index contributed by atoms with van der Waals surface area (Å²) in [5.41, 5.74) is 1.21. The van der Waals surface area contributed by atoms with Gasteiger partial charge in [0.1, 0.15) is 0 Å². The third kappa shape index (κ3) is 8.73. The molecule has 0 heterocycles. The second-order valence-electron chi connectivity index (χ2n) is 5.32. The average molecular weight is 356 g/mol. The lowest BCUT2D eigenvalue weighted by Crippen LogP contribution is -2.40. The van der Waals surface area contributed by atoms with Gasteiger partial charge in [-0.1, -0.05) is 18.2 Å². The summed E-state index contributed by atoms with van der Waals surface area (Å²) in [6.07, 6.45) is 0.911. The van der Waals surface area contributed by atoms with E-state index in [-0.39, 0.29) is 12.3 Å². The summed E-state index contributed by atoms with van der Waals surface area (Å²) in [5.74, 6) is 0.499. The van der Waals surface area contributed by atoms with Gasteiger partial charge in [0.25, 0.3) is 0 Å². The van der Waals surface area contributed by atoms with Crippen LogP contribution in [0.15, 0.2) is 35.3 Å². The van der Waals surface area contributed by atoms with Gasteiger partial charge in [-0.15, -0.1) is 0 Å². The van der Waals surface area contributed by atoms with Crippen LogP contribution in [0.2, 0.25) is 0 Å². The number of benzene rings is 1. The van der Waals surface area contributed by atoms with E-state index < -0.39 is 10.0 Å². The summed E-state index contributed by atoms with van der Waals surface area (Å²) < 4.78 is 21.9. The van der Waals surface area contributed by atoms with Crippen LogP contribution >= 0.6 is 0 Å². The number of sulfonamides is 1. The molecule has 8 heteroatoms. The number of nitrogens with one attached hydrogen (secondary N) is 2. The minimum atomic E-state index is -3.46. The standard InChI is InChI=1S/C16H29N5O2S/c1-3-18-16(20-12-14-24(17,22)23)19-11-8-13-21(4-2)15-9-6-5-7-10-15/h5-7,9-10H,3-4,8,11-14H2,1-2H3,(H2,17,22,23)(H2,18,19,20). The fraction of sp³-hybridized carbons (Fsp3) is 0.562. The molecule has 0 atom stereocenters. The summed E-state index contributed by atoms with van der Waals surface area (Å²) in [7, 11) is -3.46. The number of nitrogens with two attached hydrogens (primary N) is 1. The van der Waals surface area contributed by atoms with E-state index in [0.717, 1.165) is 19.5 Å². The van der Waals surface area contributed by atoms with E-state index in [1.165, 1.54) is 5.69 Å². The molecule has 0 unspecified atom stereocenters. The molecule has 0 aliphatic rings. The highest BCUT2D eigenvalue weighted by molar-refractivity contribution is 7.89. The molecule has 0 aromatic heterocycles. The zero-order chi connectivity index (χ0) is 17.8. The van der Waals surface area contributed by atoms with Crippen molar-refractivity contribution in [2.45, 2.75) is 20.3 Å². The highest BCUT2D eigenvalue weighted by Crippen LogP contribution is 2.12. The van der Waals surface area contributed by atoms with Crippen LogP contribution in [-0.2, 0) is 10.0 Å². The molecule has 136 valence electrons. The molecular weight excluding hydrogens is 326 g/mol. The minimum absolute atomic E-state index is 0.116. The first-order valence-corrected chi connectivity index (χ1v) is 10.0. The molecule has 0 spiro atoms. The SMILES string of the molecule is CCNC(=NCCCN(CC)c1ccccc1)NCCS(N)(=O)=O. The molecule has 24 heavy (non-hydrogen) atoms. The maximum Gasteiger partial charge on any atom is 0.210 e. The Hall–Kier alpha value is -1.80. The van der Waals surface area contributed by atoms with Crippen molar-refractivity contribution in [2.75, 3.05) is 43.4 Å². The first-order valence-electron chi connectivity index (χ1n) is 8.29. The number of hydrogen-bond acceptors (Lipinski definition) is 4. The summed E-state index contributed by atoms with van der Waals surface area (Å²) in [5, 5.41) is 11.1. The van der Waals surface area contributed by atoms with Gasteiger partial charge in [-0.05, 0) is 32.4 Å². The van der Waals surface area contributed by atoms with Crippen molar-refractivity contribution in [3.05, 3.63) is 30.3 Å². The van der Waals surface area contributed by atoms with Crippen LogP contribution in [0.3, 0.4) is 0 Å². The Morgan fingerprint density at radius 2 is 1.92 bits per heavy atom. The number of anilines is 1. The van der Waals surface area contributed by atoms with Gasteiger partial charge in [0.05, 0.1) is 5.75 Å². The van der Waals surface area contributed by atoms with E-state index in [1.807, 2.05) is 25.1 Å². The molecule has 0 aliphatic carbocycles.